The van der Waals surface area contributed by atoms with Crippen LogP contribution in [0.5, 0.6) is 23.0 Å². The predicted molar refractivity (Wildman–Crippen MR) is 139 cm³/mol. The van der Waals surface area contributed by atoms with Crippen molar-refractivity contribution in [2.45, 2.75) is 12.5 Å². The Labute approximate surface area is 221 Å². The molecule has 1 atom stereocenters. The first-order valence-corrected chi connectivity index (χ1v) is 12.5. The number of fused-ring (bicyclic) bond motifs is 1. The van der Waals surface area contributed by atoms with Crippen molar-refractivity contribution < 1.29 is 34.0 Å². The summed E-state index contributed by atoms with van der Waals surface area (Å²) in [7, 11) is 1.41. The minimum absolute atomic E-state index is 0.0608. The second kappa shape index (κ2) is 10.2. The van der Waals surface area contributed by atoms with Gasteiger partial charge in [-0.15, -0.1) is 0 Å². The van der Waals surface area contributed by atoms with Gasteiger partial charge in [-0.25, -0.2) is 0 Å². The second-order valence-electron chi connectivity index (χ2n) is 8.64. The summed E-state index contributed by atoms with van der Waals surface area (Å²) in [6.07, 6.45) is 0.505. The van der Waals surface area contributed by atoms with Crippen LogP contribution in [0.25, 0.3) is 5.76 Å². The largest absolute Gasteiger partial charge is 0.507 e. The maximum absolute atomic E-state index is 13.4. The molecule has 37 heavy (non-hydrogen) atoms. The molecule has 1 saturated heterocycles. The smallest absolute Gasteiger partial charge is 0.295 e. The zero-order valence-electron chi connectivity index (χ0n) is 19.9. The maximum Gasteiger partial charge on any atom is 0.295 e. The fourth-order valence-corrected chi connectivity index (χ4v) is 5.06. The number of hydrogen-bond acceptors (Lipinski definition) is 7. The number of halogens is 1. The lowest BCUT2D eigenvalue weighted by Crippen LogP contribution is -2.31. The molecule has 3 aromatic rings. The lowest BCUT2D eigenvalue weighted by molar-refractivity contribution is -0.139. The van der Waals surface area contributed by atoms with Gasteiger partial charge in [0.2, 0.25) is 0 Å². The molecule has 0 saturated carbocycles. The summed E-state index contributed by atoms with van der Waals surface area (Å²) in [5, 5.41) is 21.7. The van der Waals surface area contributed by atoms with Gasteiger partial charge in [-0.2, -0.15) is 0 Å². The van der Waals surface area contributed by atoms with E-state index in [4.69, 9.17) is 14.2 Å². The van der Waals surface area contributed by atoms with Gasteiger partial charge in [0, 0.05) is 12.1 Å². The third-order valence-electron chi connectivity index (χ3n) is 6.43. The van der Waals surface area contributed by atoms with Crippen LogP contribution in [0.4, 0.5) is 0 Å². The van der Waals surface area contributed by atoms with Crippen LogP contribution in [0.1, 0.15) is 22.7 Å². The number of ketones is 1. The van der Waals surface area contributed by atoms with Crippen molar-refractivity contribution in [2.24, 2.45) is 0 Å². The molecule has 2 aliphatic heterocycles. The number of ether oxygens (including phenoxy) is 3. The van der Waals surface area contributed by atoms with Crippen molar-refractivity contribution in [2.75, 3.05) is 26.9 Å². The number of carbonyl (C=O) groups excluding carboxylic acids is 2. The number of phenols is 1. The van der Waals surface area contributed by atoms with E-state index in [1.165, 1.54) is 12.0 Å². The highest BCUT2D eigenvalue weighted by atomic mass is 79.9. The number of benzene rings is 3. The summed E-state index contributed by atoms with van der Waals surface area (Å²) in [5.41, 5.74) is 1.75. The Balaban J connectivity index is 1.63. The third-order valence-corrected chi connectivity index (χ3v) is 7.03. The molecular formula is C28H24BrNO7. The molecule has 2 N–H and O–H groups in total. The van der Waals surface area contributed by atoms with Crippen LogP contribution < -0.4 is 14.2 Å². The first-order chi connectivity index (χ1) is 17.9. The van der Waals surface area contributed by atoms with Gasteiger partial charge in [0.05, 0.1) is 23.2 Å². The summed E-state index contributed by atoms with van der Waals surface area (Å²) < 4.78 is 16.8. The second-order valence-corrected chi connectivity index (χ2v) is 9.49. The monoisotopic (exact) mass is 565 g/mol. The van der Waals surface area contributed by atoms with Crippen molar-refractivity contribution in [1.82, 2.24) is 4.90 Å². The average molecular weight is 566 g/mol. The molecule has 2 aliphatic rings. The molecule has 3 aromatic carbocycles. The highest BCUT2D eigenvalue weighted by molar-refractivity contribution is 9.10. The Hall–Kier alpha value is -3.98. The van der Waals surface area contributed by atoms with Gasteiger partial charge >= 0.3 is 0 Å². The van der Waals surface area contributed by atoms with E-state index in [1.807, 2.05) is 30.3 Å². The number of rotatable bonds is 6. The van der Waals surface area contributed by atoms with E-state index in [0.717, 1.165) is 5.56 Å². The molecule has 2 heterocycles. The first kappa shape index (κ1) is 24.7. The van der Waals surface area contributed by atoms with Crippen molar-refractivity contribution in [3.63, 3.8) is 0 Å². The fourth-order valence-electron chi connectivity index (χ4n) is 4.60. The highest BCUT2D eigenvalue weighted by Gasteiger charge is 2.46. The molecule has 1 fully saturated rings. The molecule has 0 aliphatic carbocycles. The molecule has 0 aromatic heterocycles. The zero-order chi connectivity index (χ0) is 26.1. The summed E-state index contributed by atoms with van der Waals surface area (Å²) in [4.78, 5) is 28.1. The molecule has 0 bridgehead atoms. The normalized spacial score (nSPS) is 18.2. The number of aliphatic hydroxyl groups excluding tert-OH is 1. The van der Waals surface area contributed by atoms with Crippen LogP contribution in [0.3, 0.4) is 0 Å². The van der Waals surface area contributed by atoms with Crippen LogP contribution >= 0.6 is 15.9 Å². The van der Waals surface area contributed by atoms with E-state index in [-0.39, 0.29) is 29.4 Å². The molecule has 8 nitrogen and oxygen atoms in total. The van der Waals surface area contributed by atoms with E-state index in [1.54, 1.807) is 30.3 Å². The van der Waals surface area contributed by atoms with Gasteiger partial charge in [-0.05, 0) is 63.8 Å². The quantitative estimate of drug-likeness (QED) is 0.255. The highest BCUT2D eigenvalue weighted by Crippen LogP contribution is 2.45. The molecule has 0 unspecified atom stereocenters. The Morgan fingerprint density at radius 1 is 1.05 bits per heavy atom. The first-order valence-electron chi connectivity index (χ1n) is 11.7. The van der Waals surface area contributed by atoms with Crippen LogP contribution in [0, 0.1) is 0 Å². The summed E-state index contributed by atoms with van der Waals surface area (Å²) >= 11 is 3.33. The number of carbonyl (C=O) groups is 2. The minimum atomic E-state index is -0.914. The van der Waals surface area contributed by atoms with Crippen LogP contribution in [-0.4, -0.2) is 53.7 Å². The summed E-state index contributed by atoms with van der Waals surface area (Å²) in [6.45, 7) is 1.02. The number of methoxy groups -OCH3 is 1. The number of aliphatic hydroxyl groups is 1. The van der Waals surface area contributed by atoms with Crippen LogP contribution in [0.2, 0.25) is 0 Å². The van der Waals surface area contributed by atoms with Crippen molar-refractivity contribution in [1.29, 1.82) is 0 Å². The maximum atomic E-state index is 13.4. The summed E-state index contributed by atoms with van der Waals surface area (Å²) in [6, 6.07) is 16.7. The van der Waals surface area contributed by atoms with E-state index < -0.39 is 17.7 Å². The number of Topliss-reactive ketones (excluding diaryl/α,β-unsaturated/α-hetero) is 1. The number of hydrogen-bond donors (Lipinski definition) is 2. The van der Waals surface area contributed by atoms with E-state index in [9.17, 15) is 19.8 Å². The van der Waals surface area contributed by atoms with Gasteiger partial charge in [0.25, 0.3) is 11.7 Å². The standard InChI is InChI=1S/C28H24BrNO7/c1-35-22-15-18(13-19(29)26(22)32)24-23(25(31)17-7-8-20-21(14-17)37-12-11-36-20)27(33)28(34)30(24)10-9-16-5-3-2-4-6-16/h2-8,13-15,24,31-32H,9-12H2,1H3/t24-/m0/s1. The molecule has 0 spiro atoms. The van der Waals surface area contributed by atoms with Crippen LogP contribution in [-0.2, 0) is 16.0 Å². The molecule has 1 amide bonds. The Kier molecular flexibility index (Phi) is 6.80. The van der Waals surface area contributed by atoms with Gasteiger partial charge in [-0.3, -0.25) is 9.59 Å². The zero-order valence-corrected chi connectivity index (χ0v) is 21.5. The van der Waals surface area contributed by atoms with Crippen molar-refractivity contribution >= 4 is 33.4 Å². The topological polar surface area (TPSA) is 106 Å². The number of amides is 1. The molecule has 9 heteroatoms. The summed E-state index contributed by atoms with van der Waals surface area (Å²) in [5.74, 6) is -0.812. The van der Waals surface area contributed by atoms with Crippen LogP contribution in [0.15, 0.2) is 70.7 Å². The Bertz CT molecular complexity index is 1400. The molecular weight excluding hydrogens is 542 g/mol. The number of phenolic OH excluding ortho intramolecular Hbond substituents is 1. The Morgan fingerprint density at radius 3 is 2.51 bits per heavy atom. The van der Waals surface area contributed by atoms with Gasteiger partial charge in [-0.1, -0.05) is 30.3 Å². The number of aromatic hydroxyl groups is 1. The van der Waals surface area contributed by atoms with Crippen molar-refractivity contribution in [3.8, 4) is 23.0 Å². The van der Waals surface area contributed by atoms with Gasteiger partial charge in [0.15, 0.2) is 23.0 Å². The van der Waals surface area contributed by atoms with E-state index in [2.05, 4.69) is 15.9 Å². The SMILES string of the molecule is COc1cc([C@H]2C(=C(O)c3ccc4c(c3)OCCO4)C(=O)C(=O)N2CCc2ccccc2)cc(Br)c1O. The lowest BCUT2D eigenvalue weighted by atomic mass is 9.94. The molecule has 5 rings (SSSR count). The Morgan fingerprint density at radius 2 is 1.78 bits per heavy atom. The lowest BCUT2D eigenvalue weighted by Gasteiger charge is -2.26. The van der Waals surface area contributed by atoms with Crippen molar-refractivity contribution in [3.05, 3.63) is 87.4 Å². The molecule has 190 valence electrons. The van der Waals surface area contributed by atoms with E-state index >= 15 is 0 Å². The average Bonchev–Trinajstić information content (AvgIpc) is 3.18. The number of likely N-dealkylation sites (tertiary alicyclic amines) is 1. The molecule has 0 radical (unpaired) electrons. The fraction of sp³-hybridized carbons (Fsp3) is 0.214. The minimum Gasteiger partial charge on any atom is -0.507 e. The van der Waals surface area contributed by atoms with Gasteiger partial charge in [0.1, 0.15) is 19.0 Å². The van der Waals surface area contributed by atoms with E-state index in [0.29, 0.717) is 46.7 Å². The van der Waals surface area contributed by atoms with Gasteiger partial charge < -0.3 is 29.3 Å². The predicted octanol–water partition coefficient (Wildman–Crippen LogP) is 4.60. The third kappa shape index (κ3) is 4.62. The number of nitrogens with zero attached hydrogens (tertiary/aromatic N) is 1.